The second kappa shape index (κ2) is 13.0. The molecule has 0 atom stereocenters. The lowest BCUT2D eigenvalue weighted by Gasteiger charge is -2.18. The topological polar surface area (TPSA) is 76.8 Å². The van der Waals surface area contributed by atoms with Gasteiger partial charge in [0, 0.05) is 42.2 Å². The molecule has 0 fully saturated rings. The Hall–Kier alpha value is -5.14. The molecule has 2 heterocycles. The maximum Gasteiger partial charge on any atom is 0.512 e. The molecule has 7 nitrogen and oxygen atoms in total. The molecule has 7 heteroatoms. The Morgan fingerprint density at radius 1 is 0.864 bits per heavy atom. The molecule has 0 radical (unpaired) electrons. The first-order valence-corrected chi connectivity index (χ1v) is 14.8. The first-order valence-electron chi connectivity index (χ1n) is 14.8. The van der Waals surface area contributed by atoms with Gasteiger partial charge >= 0.3 is 6.16 Å². The van der Waals surface area contributed by atoms with Crippen molar-refractivity contribution in [3.63, 3.8) is 0 Å². The van der Waals surface area contributed by atoms with E-state index in [1.54, 1.807) is 6.20 Å². The van der Waals surface area contributed by atoms with Crippen LogP contribution in [0.5, 0.6) is 11.6 Å². The number of aromatic nitrogens is 2. The Bertz CT molecular complexity index is 1910. The monoisotopic (exact) mass is 585 g/mol. The van der Waals surface area contributed by atoms with Crippen LogP contribution in [0.3, 0.4) is 0 Å². The van der Waals surface area contributed by atoms with Crippen molar-refractivity contribution in [1.29, 1.82) is 0 Å². The minimum absolute atomic E-state index is 0.339. The zero-order valence-electron chi connectivity index (χ0n) is 24.9. The highest BCUT2D eigenvalue weighted by atomic mass is 16.7. The first kappa shape index (κ1) is 29.0. The zero-order chi connectivity index (χ0) is 30.5. The van der Waals surface area contributed by atoms with Crippen molar-refractivity contribution in [2.75, 3.05) is 13.7 Å². The maximum atomic E-state index is 12.1. The maximum absolute atomic E-state index is 12.1. The second-order valence-corrected chi connectivity index (χ2v) is 11.0. The summed E-state index contributed by atoms with van der Waals surface area (Å²) < 4.78 is 13.8. The van der Waals surface area contributed by atoms with Gasteiger partial charge in [0.15, 0.2) is 0 Å². The van der Waals surface area contributed by atoms with Crippen LogP contribution < -0.4 is 9.47 Å². The summed E-state index contributed by atoms with van der Waals surface area (Å²) >= 11 is 0. The van der Waals surface area contributed by atoms with Gasteiger partial charge in [0.05, 0.1) is 17.8 Å². The van der Waals surface area contributed by atoms with Crippen LogP contribution in [0.25, 0.3) is 32.8 Å². The fraction of sp³-hybridized carbons (Fsp3) is 0.189. The van der Waals surface area contributed by atoms with Crippen molar-refractivity contribution in [3.8, 4) is 22.8 Å². The van der Waals surface area contributed by atoms with Gasteiger partial charge in [-0.25, -0.2) is 4.79 Å². The summed E-state index contributed by atoms with van der Waals surface area (Å²) in [6.45, 7) is 4.15. The van der Waals surface area contributed by atoms with E-state index in [2.05, 4.69) is 53.2 Å². The molecule has 0 spiro atoms. The van der Waals surface area contributed by atoms with E-state index >= 15 is 0 Å². The van der Waals surface area contributed by atoms with Crippen molar-refractivity contribution in [3.05, 3.63) is 126 Å². The molecule has 0 aliphatic carbocycles. The van der Waals surface area contributed by atoms with E-state index in [1.807, 2.05) is 78.3 Å². The molecule has 6 rings (SSSR count). The van der Waals surface area contributed by atoms with Crippen molar-refractivity contribution in [2.45, 2.75) is 33.0 Å². The molecular weight excluding hydrogens is 550 g/mol. The number of hydrogen-bond acceptors (Lipinski definition) is 5. The molecule has 0 saturated heterocycles. The third-order valence-electron chi connectivity index (χ3n) is 7.88. The number of aryl methyl sites for hydroxylation is 2. The minimum Gasteiger partial charge on any atom is -0.493 e. The lowest BCUT2D eigenvalue weighted by molar-refractivity contribution is 0.139. The van der Waals surface area contributed by atoms with E-state index in [9.17, 15) is 9.90 Å². The molecule has 44 heavy (non-hydrogen) atoms. The van der Waals surface area contributed by atoms with Gasteiger partial charge < -0.3 is 19.1 Å². The van der Waals surface area contributed by atoms with E-state index in [4.69, 9.17) is 9.47 Å². The summed E-state index contributed by atoms with van der Waals surface area (Å²) in [5.41, 5.74) is 5.98. The van der Waals surface area contributed by atoms with Crippen molar-refractivity contribution >= 4 is 27.8 Å². The summed E-state index contributed by atoms with van der Waals surface area (Å²) in [6.07, 6.45) is 1.10. The standard InChI is InChI=1S/C37H35N3O4/c1-26-12-3-5-16-29(26)31-18-10-19-33-35(31)32(25-39(2)24-28-15-7-8-21-38-28)36(44-37(41)42)40(33)22-11-23-43-34-20-9-14-27-13-4-6-17-30(27)34/h3-10,12-21H,11,22-25H2,1-2H3,(H,41,42). The number of rotatable bonds is 11. The lowest BCUT2D eigenvalue weighted by Crippen LogP contribution is -2.19. The average molecular weight is 586 g/mol. The third-order valence-corrected chi connectivity index (χ3v) is 7.88. The van der Waals surface area contributed by atoms with Crippen molar-refractivity contribution in [2.24, 2.45) is 0 Å². The molecule has 0 bridgehead atoms. The third kappa shape index (κ3) is 6.14. The van der Waals surface area contributed by atoms with Crippen LogP contribution in [0.2, 0.25) is 0 Å². The second-order valence-electron chi connectivity index (χ2n) is 11.0. The van der Waals surface area contributed by atoms with Crippen LogP contribution in [0, 0.1) is 6.92 Å². The summed E-state index contributed by atoms with van der Waals surface area (Å²) in [6, 6.07) is 34.5. The fourth-order valence-corrected chi connectivity index (χ4v) is 5.95. The largest absolute Gasteiger partial charge is 0.512 e. The average Bonchev–Trinajstić information content (AvgIpc) is 3.31. The number of fused-ring (bicyclic) bond motifs is 2. The van der Waals surface area contributed by atoms with Gasteiger partial charge in [-0.15, -0.1) is 0 Å². The smallest absolute Gasteiger partial charge is 0.493 e. The number of hydrogen-bond donors (Lipinski definition) is 1. The fourth-order valence-electron chi connectivity index (χ4n) is 5.95. The summed E-state index contributed by atoms with van der Waals surface area (Å²) in [5.74, 6) is 1.17. The van der Waals surface area contributed by atoms with Gasteiger partial charge in [-0.3, -0.25) is 9.88 Å². The van der Waals surface area contributed by atoms with Crippen molar-refractivity contribution in [1.82, 2.24) is 14.5 Å². The summed E-state index contributed by atoms with van der Waals surface area (Å²) in [7, 11) is 2.01. The summed E-state index contributed by atoms with van der Waals surface area (Å²) in [5, 5.41) is 13.1. The molecule has 2 aromatic heterocycles. The highest BCUT2D eigenvalue weighted by molar-refractivity contribution is 6.00. The quantitative estimate of drug-likeness (QED) is 0.122. The Balaban J connectivity index is 1.38. The van der Waals surface area contributed by atoms with Crippen LogP contribution in [0.4, 0.5) is 4.79 Å². The number of benzene rings is 4. The van der Waals surface area contributed by atoms with Crippen LogP contribution in [0.1, 0.15) is 23.2 Å². The first-order chi connectivity index (χ1) is 21.5. The SMILES string of the molecule is Cc1ccccc1-c1cccc2c1c(CN(C)Cc1ccccn1)c(OC(=O)O)n2CCCOc1cccc2ccccc12. The highest BCUT2D eigenvalue weighted by Gasteiger charge is 2.25. The predicted molar refractivity (Wildman–Crippen MR) is 174 cm³/mol. The molecule has 0 saturated carbocycles. The van der Waals surface area contributed by atoms with Gasteiger partial charge in [-0.1, -0.05) is 78.9 Å². The number of pyridine rings is 1. The molecule has 6 aromatic rings. The van der Waals surface area contributed by atoms with Gasteiger partial charge in [-0.2, -0.15) is 0 Å². The van der Waals surface area contributed by atoms with E-state index in [1.165, 1.54) is 0 Å². The molecule has 4 aromatic carbocycles. The minimum atomic E-state index is -1.34. The molecule has 0 unspecified atom stereocenters. The van der Waals surface area contributed by atoms with Crippen LogP contribution >= 0.6 is 0 Å². The van der Waals surface area contributed by atoms with Gasteiger partial charge in [0.2, 0.25) is 5.88 Å². The Morgan fingerprint density at radius 2 is 1.61 bits per heavy atom. The van der Waals surface area contributed by atoms with E-state index in [0.717, 1.165) is 55.4 Å². The van der Waals surface area contributed by atoms with Gasteiger partial charge in [0.25, 0.3) is 0 Å². The number of carbonyl (C=O) groups is 1. The van der Waals surface area contributed by atoms with E-state index in [-0.39, 0.29) is 0 Å². The Labute approximate surface area is 256 Å². The van der Waals surface area contributed by atoms with Crippen LogP contribution in [0.15, 0.2) is 109 Å². The molecule has 0 amide bonds. The Kier molecular flexibility index (Phi) is 8.57. The van der Waals surface area contributed by atoms with E-state index in [0.29, 0.717) is 38.5 Å². The van der Waals surface area contributed by atoms with Crippen LogP contribution in [-0.2, 0) is 19.6 Å². The number of nitrogens with zero attached hydrogens (tertiary/aromatic N) is 3. The van der Waals surface area contributed by atoms with Crippen LogP contribution in [-0.4, -0.2) is 39.4 Å². The molecular formula is C37H35N3O4. The zero-order valence-corrected chi connectivity index (χ0v) is 24.9. The number of carboxylic acid groups (broad SMARTS) is 1. The van der Waals surface area contributed by atoms with Crippen molar-refractivity contribution < 1.29 is 19.4 Å². The molecule has 0 aliphatic rings. The molecule has 1 N–H and O–H groups in total. The highest BCUT2D eigenvalue weighted by Crippen LogP contribution is 2.41. The van der Waals surface area contributed by atoms with Gasteiger partial charge in [0.1, 0.15) is 5.75 Å². The summed E-state index contributed by atoms with van der Waals surface area (Å²) in [4.78, 5) is 18.7. The van der Waals surface area contributed by atoms with E-state index < -0.39 is 6.16 Å². The molecule has 222 valence electrons. The lowest BCUT2D eigenvalue weighted by atomic mass is 9.95. The van der Waals surface area contributed by atoms with Gasteiger partial charge in [-0.05, 0) is 66.7 Å². The number of ether oxygens (including phenoxy) is 2. The molecule has 0 aliphatic heterocycles. The predicted octanol–water partition coefficient (Wildman–Crippen LogP) is 8.32. The Morgan fingerprint density at radius 3 is 2.43 bits per heavy atom. The normalized spacial score (nSPS) is 11.3.